The van der Waals surface area contributed by atoms with Gasteiger partial charge in [-0.1, -0.05) is 35.4 Å². The molecule has 0 bridgehead atoms. The van der Waals surface area contributed by atoms with E-state index in [1.807, 2.05) is 12.2 Å². The highest BCUT2D eigenvalue weighted by Crippen LogP contribution is 2.36. The smallest absolute Gasteiger partial charge is 0.409 e. The van der Waals surface area contributed by atoms with Crippen LogP contribution in [0.1, 0.15) is 36.4 Å². The van der Waals surface area contributed by atoms with Gasteiger partial charge in [0.1, 0.15) is 12.0 Å². The molecule has 2 aromatic heterocycles. The van der Waals surface area contributed by atoms with Gasteiger partial charge in [-0.25, -0.2) is 4.79 Å². The fourth-order valence-electron chi connectivity index (χ4n) is 4.48. The van der Waals surface area contributed by atoms with E-state index >= 15 is 0 Å². The second-order valence-corrected chi connectivity index (χ2v) is 10.1. The lowest BCUT2D eigenvalue weighted by Gasteiger charge is -2.22. The molecule has 4 N–H and O–H groups in total. The minimum atomic E-state index is -1.25. The van der Waals surface area contributed by atoms with Crippen molar-refractivity contribution < 1.29 is 19.5 Å². The van der Waals surface area contributed by atoms with Gasteiger partial charge >= 0.3 is 6.09 Å². The maximum Gasteiger partial charge on any atom is 0.409 e. The molecule has 15 heteroatoms. The van der Waals surface area contributed by atoms with E-state index in [4.69, 9.17) is 28.3 Å². The number of aromatic nitrogens is 6. The molecular weight excluding hydrogens is 597 g/mol. The largest absolute Gasteiger partial charge is 0.465 e. The molecule has 5 rings (SSSR count). The quantitative estimate of drug-likeness (QED) is 0.175. The van der Waals surface area contributed by atoms with E-state index in [-0.39, 0.29) is 23.2 Å². The zero-order valence-electron chi connectivity index (χ0n) is 22.2. The lowest BCUT2D eigenvalue weighted by molar-refractivity contribution is -0.117. The highest BCUT2D eigenvalue weighted by atomic mass is 35.5. The summed E-state index contributed by atoms with van der Waals surface area (Å²) in [5.74, 6) is -0.680. The molecular formula is C28H23Cl2N9O4. The van der Waals surface area contributed by atoms with Crippen LogP contribution in [-0.2, 0) is 9.59 Å². The van der Waals surface area contributed by atoms with E-state index in [9.17, 15) is 14.4 Å². The van der Waals surface area contributed by atoms with E-state index in [2.05, 4.69) is 41.7 Å². The number of carbonyl (C=O) groups excluding carboxylic acids is 2. The van der Waals surface area contributed by atoms with E-state index in [0.29, 0.717) is 51.6 Å². The van der Waals surface area contributed by atoms with Gasteiger partial charge < -0.3 is 15.7 Å². The molecule has 1 aliphatic rings. The normalized spacial score (nSPS) is 15.8. The van der Waals surface area contributed by atoms with Crippen molar-refractivity contribution in [3.05, 3.63) is 88.3 Å². The lowest BCUT2D eigenvalue weighted by Crippen LogP contribution is -2.27. The Balaban J connectivity index is 1.51. The molecule has 1 aliphatic heterocycles. The van der Waals surface area contributed by atoms with Gasteiger partial charge in [0.05, 0.1) is 17.4 Å². The molecule has 218 valence electrons. The summed E-state index contributed by atoms with van der Waals surface area (Å²) in [5, 5.41) is 37.4. The summed E-state index contributed by atoms with van der Waals surface area (Å²) in [6.07, 6.45) is 7.86. The molecule has 0 radical (unpaired) electrons. The molecule has 0 fully saturated rings. The number of nitrogens with one attached hydrogen (secondary N) is 3. The number of carboxylic acid groups (broad SMARTS) is 1. The molecule has 13 nitrogen and oxygen atoms in total. The number of fused-ring (bicyclic) bond motifs is 3. The molecule has 4 aromatic rings. The Kier molecular flexibility index (Phi) is 9.03. The van der Waals surface area contributed by atoms with Crippen molar-refractivity contribution in [3.63, 3.8) is 0 Å². The third-order valence-electron chi connectivity index (χ3n) is 6.36. The summed E-state index contributed by atoms with van der Waals surface area (Å²) in [7, 11) is 0. The van der Waals surface area contributed by atoms with Crippen LogP contribution in [0.5, 0.6) is 0 Å². The van der Waals surface area contributed by atoms with Crippen LogP contribution in [0.2, 0.25) is 10.2 Å². The van der Waals surface area contributed by atoms with Crippen LogP contribution >= 0.6 is 23.2 Å². The van der Waals surface area contributed by atoms with Crippen LogP contribution < -0.4 is 16.0 Å². The molecule has 0 spiro atoms. The van der Waals surface area contributed by atoms with Crippen molar-refractivity contribution in [3.8, 4) is 16.9 Å². The Labute approximate surface area is 254 Å². The first-order valence-electron chi connectivity index (χ1n) is 12.9. The van der Waals surface area contributed by atoms with E-state index in [1.54, 1.807) is 36.4 Å². The first kappa shape index (κ1) is 29.4. The fraction of sp³-hybridized carbons (Fsp3) is 0.143. The maximum absolute atomic E-state index is 13.3. The summed E-state index contributed by atoms with van der Waals surface area (Å²) in [5.41, 5.74) is 3.15. The van der Waals surface area contributed by atoms with Crippen LogP contribution in [0.25, 0.3) is 23.0 Å². The van der Waals surface area contributed by atoms with E-state index in [1.165, 1.54) is 29.2 Å². The first-order valence-corrected chi connectivity index (χ1v) is 13.7. The van der Waals surface area contributed by atoms with Crippen molar-refractivity contribution in [1.29, 1.82) is 0 Å². The number of hydrogen-bond donors (Lipinski definition) is 4. The van der Waals surface area contributed by atoms with Crippen LogP contribution in [-0.4, -0.2) is 53.4 Å². The van der Waals surface area contributed by atoms with E-state index in [0.717, 1.165) is 0 Å². The third-order valence-corrected chi connectivity index (χ3v) is 6.78. The summed E-state index contributed by atoms with van der Waals surface area (Å²) < 4.78 is 1.45. The number of rotatable bonds is 5. The molecule has 0 aliphatic carbocycles. The molecule has 1 atom stereocenters. The number of anilines is 2. The average molecular weight is 620 g/mol. The van der Waals surface area contributed by atoms with Crippen LogP contribution in [0.4, 0.5) is 16.2 Å². The molecule has 2 aromatic carbocycles. The summed E-state index contributed by atoms with van der Waals surface area (Å²) >= 11 is 12.5. The highest BCUT2D eigenvalue weighted by Gasteiger charge is 2.23. The number of hydrogen-bond acceptors (Lipinski definition) is 8. The Hall–Kier alpha value is -5.14. The molecule has 3 heterocycles. The number of benzene rings is 2. The minimum Gasteiger partial charge on any atom is -0.465 e. The van der Waals surface area contributed by atoms with Crippen molar-refractivity contribution in [2.45, 2.75) is 25.3 Å². The zero-order valence-corrected chi connectivity index (χ0v) is 23.7. The number of nitrogens with zero attached hydrogens (tertiary/aromatic N) is 6. The minimum absolute atomic E-state index is 0.101. The number of carbonyl (C=O) groups is 3. The van der Waals surface area contributed by atoms with Crippen molar-refractivity contribution in [2.24, 2.45) is 0 Å². The number of amides is 3. The van der Waals surface area contributed by atoms with Crippen molar-refractivity contribution >= 4 is 58.6 Å². The summed E-state index contributed by atoms with van der Waals surface area (Å²) in [4.78, 5) is 37.2. The van der Waals surface area contributed by atoms with Gasteiger partial charge in [-0.15, -0.1) is 15.3 Å². The molecule has 0 saturated carbocycles. The molecule has 1 unspecified atom stereocenters. The Morgan fingerprint density at radius 3 is 2.74 bits per heavy atom. The van der Waals surface area contributed by atoms with Gasteiger partial charge in [0, 0.05) is 39.9 Å². The van der Waals surface area contributed by atoms with E-state index < -0.39 is 18.0 Å². The zero-order chi connectivity index (χ0) is 30.3. The predicted octanol–water partition coefficient (Wildman–Crippen LogP) is 5.07. The predicted molar refractivity (Wildman–Crippen MR) is 160 cm³/mol. The fourth-order valence-corrected chi connectivity index (χ4v) is 4.81. The Morgan fingerprint density at radius 2 is 1.95 bits per heavy atom. The number of tetrazole rings is 1. The summed E-state index contributed by atoms with van der Waals surface area (Å²) in [6, 6.07) is 10.7. The van der Waals surface area contributed by atoms with Gasteiger partial charge in [0.15, 0.2) is 5.15 Å². The van der Waals surface area contributed by atoms with Gasteiger partial charge in [-0.2, -0.15) is 4.68 Å². The van der Waals surface area contributed by atoms with Gasteiger partial charge in [0.25, 0.3) is 0 Å². The standard InChI is InChI=1S/C28H23Cl2N9O4/c29-17-7-10-23(39-15-31-37-38-39)16(12-17)6-11-26(41)33-21-4-2-1-3-5-25(40)34-22-13-18(32-28(42)43)8-9-19(22)27-20(21)14-24(30)35-36-27/h1-2,6-15,21,32H,3-5H2,(H,33,41)(H,34,40)(H,42,43)/b2-1+,11-6+. The van der Waals surface area contributed by atoms with Crippen molar-refractivity contribution in [2.75, 3.05) is 10.6 Å². The Morgan fingerprint density at radius 1 is 1.09 bits per heavy atom. The topological polar surface area (TPSA) is 177 Å². The molecule has 0 saturated heterocycles. The lowest BCUT2D eigenvalue weighted by atomic mass is 9.96. The number of halogens is 2. The van der Waals surface area contributed by atoms with Crippen LogP contribution in [0.3, 0.4) is 0 Å². The molecule has 3 amide bonds. The second-order valence-electron chi connectivity index (χ2n) is 9.31. The maximum atomic E-state index is 13.3. The summed E-state index contributed by atoms with van der Waals surface area (Å²) in [6.45, 7) is 0. The SMILES string of the molecule is O=C(O)Nc1ccc2c(c1)NC(=O)CC/C=C/CC(NC(=O)/C=C/c1cc(Cl)ccc1-n1cnnn1)c1cc(Cl)nnc1-2. The van der Waals surface area contributed by atoms with Crippen LogP contribution in [0.15, 0.2) is 67.0 Å². The Bertz CT molecular complexity index is 1740. The highest BCUT2D eigenvalue weighted by molar-refractivity contribution is 6.30. The van der Waals surface area contributed by atoms with Gasteiger partial charge in [-0.3, -0.25) is 14.9 Å². The van der Waals surface area contributed by atoms with Gasteiger partial charge in [0.2, 0.25) is 11.8 Å². The second kappa shape index (κ2) is 13.2. The van der Waals surface area contributed by atoms with Crippen molar-refractivity contribution in [1.82, 2.24) is 35.7 Å². The average Bonchev–Trinajstić information content (AvgIpc) is 3.50. The van der Waals surface area contributed by atoms with Crippen LogP contribution in [0, 0.1) is 0 Å². The molecule has 43 heavy (non-hydrogen) atoms. The third kappa shape index (κ3) is 7.39. The van der Waals surface area contributed by atoms with Gasteiger partial charge in [-0.05, 0) is 71.8 Å². The monoisotopic (exact) mass is 619 g/mol. The number of allylic oxidation sites excluding steroid dienone is 1. The first-order chi connectivity index (χ1) is 20.8.